The third kappa shape index (κ3) is 1.21. The van der Waals surface area contributed by atoms with Crippen LogP contribution in [0.3, 0.4) is 0 Å². The Balaban J connectivity index is 2.75. The average Bonchev–Trinajstić information content (AvgIpc) is 2.16. The molecule has 0 bridgehead atoms. The smallest absolute Gasteiger partial charge is 0.154 e. The van der Waals surface area contributed by atoms with Crippen LogP contribution in [0.1, 0.15) is 13.8 Å². The molecule has 0 saturated carbocycles. The van der Waals surface area contributed by atoms with Gasteiger partial charge in [0.1, 0.15) is 6.34 Å². The van der Waals surface area contributed by atoms with Crippen LogP contribution in [0.2, 0.25) is 0 Å². The van der Waals surface area contributed by atoms with Gasteiger partial charge in [-0.3, -0.25) is 0 Å². The molecule has 3 heteroatoms. The first-order valence-electron chi connectivity index (χ1n) is 2.92. The van der Waals surface area contributed by atoms with Gasteiger partial charge in [-0.1, -0.05) is 29.8 Å². The molecule has 9 heavy (non-hydrogen) atoms. The fourth-order valence-electron chi connectivity index (χ4n) is 0.591. The van der Waals surface area contributed by atoms with Crippen molar-refractivity contribution in [2.45, 2.75) is 18.3 Å². The maximum atomic E-state index is 4.14. The molecule has 1 aliphatic rings. The van der Waals surface area contributed by atoms with E-state index in [2.05, 4.69) is 39.8 Å². The summed E-state index contributed by atoms with van der Waals surface area (Å²) in [6.45, 7) is 4.20. The Labute approximate surface area is 63.2 Å². The number of nitrogens with zero attached hydrogens (tertiary/aromatic N) is 2. The van der Waals surface area contributed by atoms with Crippen LogP contribution >= 0.6 is 15.9 Å². The predicted octanol–water partition coefficient (Wildman–Crippen LogP) is 1.85. The second-order valence-corrected chi connectivity index (χ2v) is 3.68. The number of halogens is 1. The number of rotatable bonds is 1. The van der Waals surface area contributed by atoms with E-state index < -0.39 is 0 Å². The molecule has 1 rings (SSSR count). The highest BCUT2D eigenvalue weighted by molar-refractivity contribution is 9.10. The van der Waals surface area contributed by atoms with E-state index in [1.165, 1.54) is 0 Å². The van der Waals surface area contributed by atoms with Crippen molar-refractivity contribution in [3.63, 3.8) is 0 Å². The van der Waals surface area contributed by atoms with Crippen LogP contribution in [0, 0.1) is 5.92 Å². The predicted molar refractivity (Wildman–Crippen MR) is 43.5 cm³/mol. The molecule has 0 radical (unpaired) electrons. The van der Waals surface area contributed by atoms with E-state index >= 15 is 0 Å². The van der Waals surface area contributed by atoms with Gasteiger partial charge in [0, 0.05) is 6.21 Å². The molecule has 0 fully saturated rings. The van der Waals surface area contributed by atoms with Crippen molar-refractivity contribution in [3.05, 3.63) is 0 Å². The van der Waals surface area contributed by atoms with Gasteiger partial charge in [-0.25, -0.2) is 9.98 Å². The van der Waals surface area contributed by atoms with E-state index in [-0.39, 0.29) is 4.45 Å². The summed E-state index contributed by atoms with van der Waals surface area (Å²) in [5.74, 6) is 0.458. The van der Waals surface area contributed by atoms with Crippen molar-refractivity contribution in [2.24, 2.45) is 15.9 Å². The monoisotopic (exact) mass is 188 g/mol. The van der Waals surface area contributed by atoms with Gasteiger partial charge in [0.05, 0.1) is 0 Å². The van der Waals surface area contributed by atoms with E-state index in [1.54, 1.807) is 6.34 Å². The zero-order chi connectivity index (χ0) is 6.91. The Morgan fingerprint density at radius 1 is 1.56 bits per heavy atom. The number of aliphatic imine (C=N–C) groups is 2. The van der Waals surface area contributed by atoms with Gasteiger partial charge in [-0.2, -0.15) is 0 Å². The van der Waals surface area contributed by atoms with Crippen LogP contribution < -0.4 is 0 Å². The molecule has 0 aromatic rings. The Morgan fingerprint density at radius 2 is 2.22 bits per heavy atom. The minimum Gasteiger partial charge on any atom is -0.249 e. The summed E-state index contributed by atoms with van der Waals surface area (Å²) in [6, 6.07) is 0. The zero-order valence-electron chi connectivity index (χ0n) is 5.50. The topological polar surface area (TPSA) is 24.7 Å². The van der Waals surface area contributed by atoms with Crippen molar-refractivity contribution < 1.29 is 0 Å². The fraction of sp³-hybridized carbons (Fsp3) is 0.667. The first kappa shape index (κ1) is 6.93. The Bertz CT molecular complexity index is 148. The zero-order valence-corrected chi connectivity index (χ0v) is 7.09. The van der Waals surface area contributed by atoms with E-state index in [1.807, 2.05) is 6.21 Å². The second kappa shape index (κ2) is 2.21. The van der Waals surface area contributed by atoms with Crippen LogP contribution in [0.25, 0.3) is 0 Å². The lowest BCUT2D eigenvalue weighted by Gasteiger charge is -2.18. The molecule has 1 heterocycles. The molecule has 0 aliphatic carbocycles. The van der Waals surface area contributed by atoms with E-state index in [4.69, 9.17) is 0 Å². The van der Waals surface area contributed by atoms with Crippen molar-refractivity contribution in [3.8, 4) is 0 Å². The van der Waals surface area contributed by atoms with Crippen molar-refractivity contribution in [1.82, 2.24) is 0 Å². The van der Waals surface area contributed by atoms with Crippen LogP contribution in [-0.4, -0.2) is 17.0 Å². The standard InChI is InChI=1S/C6H9BrN2/c1-5(2)6(7)3-8-4-9-6/h3-5H,1-2H3. The molecule has 2 nitrogen and oxygen atoms in total. The summed E-state index contributed by atoms with van der Waals surface area (Å²) in [7, 11) is 0. The maximum absolute atomic E-state index is 4.14. The average molecular weight is 189 g/mol. The first-order chi connectivity index (χ1) is 4.15. The molecule has 1 unspecified atom stereocenters. The fourth-order valence-corrected chi connectivity index (χ4v) is 0.801. The Morgan fingerprint density at radius 3 is 2.44 bits per heavy atom. The molecule has 50 valence electrons. The summed E-state index contributed by atoms with van der Waals surface area (Å²) in [6.07, 6.45) is 3.40. The Hall–Kier alpha value is -0.180. The number of hydrogen-bond acceptors (Lipinski definition) is 2. The lowest BCUT2D eigenvalue weighted by molar-refractivity contribution is 0.580. The van der Waals surface area contributed by atoms with E-state index in [9.17, 15) is 0 Å². The molecular weight excluding hydrogens is 180 g/mol. The lowest BCUT2D eigenvalue weighted by Crippen LogP contribution is -2.24. The highest BCUT2D eigenvalue weighted by Crippen LogP contribution is 2.28. The number of hydrogen-bond donors (Lipinski definition) is 0. The summed E-state index contributed by atoms with van der Waals surface area (Å²) < 4.78 is -0.215. The molecule has 0 N–H and O–H groups in total. The van der Waals surface area contributed by atoms with Crippen molar-refractivity contribution >= 4 is 28.5 Å². The van der Waals surface area contributed by atoms with Gasteiger partial charge in [0.15, 0.2) is 4.45 Å². The molecular formula is C6H9BrN2. The quantitative estimate of drug-likeness (QED) is 0.444. The first-order valence-corrected chi connectivity index (χ1v) is 3.71. The number of alkyl halides is 1. The summed E-state index contributed by atoms with van der Waals surface area (Å²) in [5, 5.41) is 0. The lowest BCUT2D eigenvalue weighted by atomic mass is 10.1. The van der Waals surface area contributed by atoms with Crippen molar-refractivity contribution in [1.29, 1.82) is 0 Å². The van der Waals surface area contributed by atoms with Gasteiger partial charge in [0.25, 0.3) is 0 Å². The maximum Gasteiger partial charge on any atom is 0.154 e. The molecule has 0 aromatic heterocycles. The van der Waals surface area contributed by atoms with Crippen LogP contribution in [0.15, 0.2) is 9.98 Å². The molecule has 0 aromatic carbocycles. The van der Waals surface area contributed by atoms with E-state index in [0.717, 1.165) is 0 Å². The van der Waals surface area contributed by atoms with E-state index in [0.29, 0.717) is 5.92 Å². The Kier molecular flexibility index (Phi) is 1.70. The summed E-state index contributed by atoms with van der Waals surface area (Å²) in [4.78, 5) is 8.03. The summed E-state index contributed by atoms with van der Waals surface area (Å²) >= 11 is 3.46. The third-order valence-corrected chi connectivity index (χ3v) is 2.71. The minimum absolute atomic E-state index is 0.215. The van der Waals surface area contributed by atoms with Gasteiger partial charge in [-0.05, 0) is 5.92 Å². The van der Waals surface area contributed by atoms with Gasteiger partial charge in [-0.15, -0.1) is 0 Å². The van der Waals surface area contributed by atoms with Gasteiger partial charge in [0.2, 0.25) is 0 Å². The highest BCUT2D eigenvalue weighted by atomic mass is 79.9. The van der Waals surface area contributed by atoms with Crippen LogP contribution in [-0.2, 0) is 0 Å². The molecule has 0 spiro atoms. The van der Waals surface area contributed by atoms with Gasteiger partial charge >= 0.3 is 0 Å². The summed E-state index contributed by atoms with van der Waals surface area (Å²) in [5.41, 5.74) is 0. The third-order valence-electron chi connectivity index (χ3n) is 1.39. The van der Waals surface area contributed by atoms with Crippen molar-refractivity contribution in [2.75, 3.05) is 0 Å². The van der Waals surface area contributed by atoms with Crippen LogP contribution in [0.4, 0.5) is 0 Å². The molecule has 0 amide bonds. The SMILES string of the molecule is CC(C)C1(Br)C=NC=N1. The van der Waals surface area contributed by atoms with Crippen LogP contribution in [0.5, 0.6) is 0 Å². The molecule has 1 aliphatic heterocycles. The largest absolute Gasteiger partial charge is 0.249 e. The van der Waals surface area contributed by atoms with Gasteiger partial charge < -0.3 is 0 Å². The second-order valence-electron chi connectivity index (χ2n) is 2.41. The highest BCUT2D eigenvalue weighted by Gasteiger charge is 2.28. The molecule has 1 atom stereocenters. The minimum atomic E-state index is -0.215. The molecule has 0 saturated heterocycles. The normalized spacial score (nSPS) is 32.4.